The maximum Gasteiger partial charge on any atom is 0.157 e. The molecule has 1 fully saturated rings. The van der Waals surface area contributed by atoms with Crippen molar-refractivity contribution in [1.82, 2.24) is 0 Å². The topological polar surface area (TPSA) is 35.5 Å². The molecule has 0 aromatic carbocycles. The molecule has 1 aliphatic heterocycles. The summed E-state index contributed by atoms with van der Waals surface area (Å²) in [4.78, 5) is 10.2. The van der Waals surface area contributed by atoms with E-state index in [1.807, 2.05) is 6.92 Å². The standard InChI is InChI=1S/C10H18O3/c1-9(5-6-11)8-13-10-4-2-3-7-12-10/h6,9-10H,2-5,7-8H2,1H3/t9-,10?/m0/s1. The molecular weight excluding hydrogens is 168 g/mol. The smallest absolute Gasteiger partial charge is 0.157 e. The first-order chi connectivity index (χ1) is 6.33. The predicted molar refractivity (Wildman–Crippen MR) is 49.4 cm³/mol. The van der Waals surface area contributed by atoms with Crippen LogP contribution in [0.5, 0.6) is 0 Å². The van der Waals surface area contributed by atoms with Crippen LogP contribution < -0.4 is 0 Å². The summed E-state index contributed by atoms with van der Waals surface area (Å²) in [7, 11) is 0. The molecule has 0 aromatic heterocycles. The summed E-state index contributed by atoms with van der Waals surface area (Å²) in [6.07, 6.45) is 4.81. The Morgan fingerprint density at radius 2 is 2.46 bits per heavy atom. The van der Waals surface area contributed by atoms with Gasteiger partial charge < -0.3 is 14.3 Å². The quantitative estimate of drug-likeness (QED) is 0.614. The number of carbonyl (C=O) groups is 1. The summed E-state index contributed by atoms with van der Waals surface area (Å²) >= 11 is 0. The minimum atomic E-state index is -0.0251. The third kappa shape index (κ3) is 4.39. The van der Waals surface area contributed by atoms with Crippen LogP contribution in [-0.2, 0) is 14.3 Å². The summed E-state index contributed by atoms with van der Waals surface area (Å²) < 4.78 is 10.9. The van der Waals surface area contributed by atoms with E-state index in [1.165, 1.54) is 6.42 Å². The number of hydrogen-bond donors (Lipinski definition) is 0. The number of rotatable bonds is 5. The van der Waals surface area contributed by atoms with Gasteiger partial charge in [-0.25, -0.2) is 0 Å². The van der Waals surface area contributed by atoms with Crippen molar-refractivity contribution in [2.45, 2.75) is 38.9 Å². The molecule has 0 N–H and O–H groups in total. The summed E-state index contributed by atoms with van der Waals surface area (Å²) in [6.45, 7) is 3.45. The number of aldehydes is 1. The van der Waals surface area contributed by atoms with Crippen molar-refractivity contribution in [2.24, 2.45) is 5.92 Å². The lowest BCUT2D eigenvalue weighted by molar-refractivity contribution is -0.168. The zero-order valence-corrected chi connectivity index (χ0v) is 8.20. The average molecular weight is 186 g/mol. The number of hydrogen-bond acceptors (Lipinski definition) is 3. The molecule has 0 spiro atoms. The molecular formula is C10H18O3. The normalized spacial score (nSPS) is 25.5. The second kappa shape index (κ2) is 6.11. The van der Waals surface area contributed by atoms with Crippen LogP contribution in [0.3, 0.4) is 0 Å². The number of ether oxygens (including phenoxy) is 2. The molecule has 2 atom stereocenters. The SMILES string of the molecule is C[C@@H](CC=O)COC1CCCCO1. The first kappa shape index (κ1) is 10.7. The molecule has 76 valence electrons. The van der Waals surface area contributed by atoms with Crippen LogP contribution in [-0.4, -0.2) is 25.8 Å². The highest BCUT2D eigenvalue weighted by molar-refractivity contribution is 5.49. The lowest BCUT2D eigenvalue weighted by atomic mass is 10.1. The third-order valence-corrected chi connectivity index (χ3v) is 2.20. The summed E-state index contributed by atoms with van der Waals surface area (Å²) in [5, 5.41) is 0. The maximum absolute atomic E-state index is 10.2. The fraction of sp³-hybridized carbons (Fsp3) is 0.900. The van der Waals surface area contributed by atoms with Gasteiger partial charge in [0.15, 0.2) is 6.29 Å². The maximum atomic E-state index is 10.2. The number of carbonyl (C=O) groups excluding carboxylic acids is 1. The van der Waals surface area contributed by atoms with Crippen molar-refractivity contribution < 1.29 is 14.3 Å². The highest BCUT2D eigenvalue weighted by atomic mass is 16.7. The second-order valence-corrected chi connectivity index (χ2v) is 3.64. The molecule has 1 aliphatic rings. The Morgan fingerprint density at radius 3 is 3.08 bits per heavy atom. The van der Waals surface area contributed by atoms with E-state index in [0.717, 1.165) is 25.7 Å². The highest BCUT2D eigenvalue weighted by Gasteiger charge is 2.14. The fourth-order valence-electron chi connectivity index (χ4n) is 1.35. The predicted octanol–water partition coefficient (Wildman–Crippen LogP) is 1.75. The lowest BCUT2D eigenvalue weighted by Gasteiger charge is -2.23. The Kier molecular flexibility index (Phi) is 5.01. The Hall–Kier alpha value is -0.410. The summed E-state index contributed by atoms with van der Waals surface area (Å²) in [5.41, 5.74) is 0. The fourth-order valence-corrected chi connectivity index (χ4v) is 1.35. The van der Waals surface area contributed by atoms with E-state index in [4.69, 9.17) is 9.47 Å². The molecule has 0 saturated carbocycles. The molecule has 0 radical (unpaired) electrons. The Balaban J connectivity index is 2.06. The molecule has 3 heteroatoms. The van der Waals surface area contributed by atoms with E-state index in [-0.39, 0.29) is 6.29 Å². The van der Waals surface area contributed by atoms with Crippen molar-refractivity contribution in [2.75, 3.05) is 13.2 Å². The third-order valence-electron chi connectivity index (χ3n) is 2.20. The summed E-state index contributed by atoms with van der Waals surface area (Å²) in [5.74, 6) is 0.308. The van der Waals surface area contributed by atoms with Gasteiger partial charge in [0, 0.05) is 13.0 Å². The van der Waals surface area contributed by atoms with Crippen molar-refractivity contribution >= 4 is 6.29 Å². The molecule has 0 amide bonds. The zero-order chi connectivity index (χ0) is 9.52. The van der Waals surface area contributed by atoms with E-state index in [9.17, 15) is 4.79 Å². The Morgan fingerprint density at radius 1 is 1.62 bits per heavy atom. The minimum Gasteiger partial charge on any atom is -0.353 e. The lowest BCUT2D eigenvalue weighted by Crippen LogP contribution is -2.24. The van der Waals surface area contributed by atoms with E-state index in [2.05, 4.69) is 0 Å². The van der Waals surface area contributed by atoms with Crippen LogP contribution in [0.2, 0.25) is 0 Å². The van der Waals surface area contributed by atoms with Gasteiger partial charge in [0.05, 0.1) is 6.61 Å². The van der Waals surface area contributed by atoms with Crippen molar-refractivity contribution in [3.63, 3.8) is 0 Å². The second-order valence-electron chi connectivity index (χ2n) is 3.64. The van der Waals surface area contributed by atoms with E-state index in [1.54, 1.807) is 0 Å². The van der Waals surface area contributed by atoms with Crippen LogP contribution in [0, 0.1) is 5.92 Å². The molecule has 1 rings (SSSR count). The molecule has 1 saturated heterocycles. The van der Waals surface area contributed by atoms with Crippen molar-refractivity contribution in [3.05, 3.63) is 0 Å². The van der Waals surface area contributed by atoms with Gasteiger partial charge in [-0.1, -0.05) is 6.92 Å². The van der Waals surface area contributed by atoms with E-state index >= 15 is 0 Å². The van der Waals surface area contributed by atoms with Crippen LogP contribution in [0.1, 0.15) is 32.6 Å². The zero-order valence-electron chi connectivity index (χ0n) is 8.20. The first-order valence-corrected chi connectivity index (χ1v) is 4.99. The van der Waals surface area contributed by atoms with Crippen molar-refractivity contribution in [3.8, 4) is 0 Å². The Bertz CT molecular complexity index is 141. The monoisotopic (exact) mass is 186 g/mol. The van der Waals surface area contributed by atoms with Gasteiger partial charge in [0.1, 0.15) is 6.29 Å². The summed E-state index contributed by atoms with van der Waals surface area (Å²) in [6, 6.07) is 0. The van der Waals surface area contributed by atoms with E-state index < -0.39 is 0 Å². The van der Waals surface area contributed by atoms with Gasteiger partial charge >= 0.3 is 0 Å². The van der Waals surface area contributed by atoms with Crippen LogP contribution in [0.25, 0.3) is 0 Å². The molecule has 3 nitrogen and oxygen atoms in total. The van der Waals surface area contributed by atoms with Gasteiger partial charge in [0.25, 0.3) is 0 Å². The van der Waals surface area contributed by atoms with Crippen molar-refractivity contribution in [1.29, 1.82) is 0 Å². The average Bonchev–Trinajstić information content (AvgIpc) is 2.17. The van der Waals surface area contributed by atoms with Gasteiger partial charge in [-0.2, -0.15) is 0 Å². The molecule has 1 unspecified atom stereocenters. The van der Waals surface area contributed by atoms with Gasteiger partial charge in [-0.15, -0.1) is 0 Å². The van der Waals surface area contributed by atoms with Gasteiger partial charge in [0.2, 0.25) is 0 Å². The van der Waals surface area contributed by atoms with E-state index in [0.29, 0.717) is 18.9 Å². The molecule has 0 bridgehead atoms. The largest absolute Gasteiger partial charge is 0.353 e. The van der Waals surface area contributed by atoms with Gasteiger partial charge in [-0.05, 0) is 25.2 Å². The molecule has 13 heavy (non-hydrogen) atoms. The van der Waals surface area contributed by atoms with Crippen LogP contribution >= 0.6 is 0 Å². The van der Waals surface area contributed by atoms with Crippen LogP contribution in [0.4, 0.5) is 0 Å². The first-order valence-electron chi connectivity index (χ1n) is 4.99. The molecule has 0 aromatic rings. The van der Waals surface area contributed by atoms with Crippen LogP contribution in [0.15, 0.2) is 0 Å². The molecule has 0 aliphatic carbocycles. The molecule has 1 heterocycles. The highest BCUT2D eigenvalue weighted by Crippen LogP contribution is 2.14. The Labute approximate surface area is 79.4 Å². The van der Waals surface area contributed by atoms with Gasteiger partial charge in [-0.3, -0.25) is 0 Å². The minimum absolute atomic E-state index is 0.0251.